The van der Waals surface area contributed by atoms with Crippen LogP contribution < -0.4 is 0 Å². The highest BCUT2D eigenvalue weighted by atomic mass is 79.9. The lowest BCUT2D eigenvalue weighted by atomic mass is 10.5. The lowest BCUT2D eigenvalue weighted by Crippen LogP contribution is -1.56. The van der Waals surface area contributed by atoms with Crippen molar-refractivity contribution in [3.8, 4) is 10.8 Å². The molecule has 0 unspecified atom stereocenters. The molecule has 0 aliphatic carbocycles. The summed E-state index contributed by atoms with van der Waals surface area (Å²) in [6.07, 6.45) is 1.59. The molecular formula is C6H3BrO. The molecule has 0 radical (unpaired) electrons. The van der Waals surface area contributed by atoms with Crippen molar-refractivity contribution in [2.45, 2.75) is 0 Å². The minimum absolute atomic E-state index is 0.682. The van der Waals surface area contributed by atoms with Crippen molar-refractivity contribution in [2.24, 2.45) is 0 Å². The minimum atomic E-state index is 0.682. The third-order valence-electron chi connectivity index (χ3n) is 0.692. The van der Waals surface area contributed by atoms with Gasteiger partial charge in [0, 0.05) is 15.9 Å². The highest BCUT2D eigenvalue weighted by molar-refractivity contribution is 9.12. The Kier molecular flexibility index (Phi) is 1.76. The van der Waals surface area contributed by atoms with Crippen LogP contribution in [0.3, 0.4) is 0 Å². The van der Waals surface area contributed by atoms with Gasteiger partial charge in [0.05, 0.1) is 6.26 Å². The number of hydrogen-bond acceptors (Lipinski definition) is 1. The van der Waals surface area contributed by atoms with Gasteiger partial charge < -0.3 is 4.42 Å². The Bertz CT molecular complexity index is 202. The summed E-state index contributed by atoms with van der Waals surface area (Å²) in [4.78, 5) is 2.54. The Hall–Kier alpha value is -0.680. The molecule has 1 aromatic rings. The highest BCUT2D eigenvalue weighted by Gasteiger charge is 1.82. The normalized spacial score (nSPS) is 7.62. The number of halogens is 1. The summed E-state index contributed by atoms with van der Waals surface area (Å²) in [6.45, 7) is 0. The molecule has 0 spiro atoms. The number of furan rings is 1. The predicted octanol–water partition coefficient (Wildman–Crippen LogP) is 1.98. The Labute approximate surface area is 55.8 Å². The maximum atomic E-state index is 4.87. The Balaban J connectivity index is 2.88. The van der Waals surface area contributed by atoms with Gasteiger partial charge in [0.1, 0.15) is 0 Å². The molecule has 1 nitrogen and oxygen atoms in total. The molecule has 2 heteroatoms. The van der Waals surface area contributed by atoms with Crippen LogP contribution in [0.1, 0.15) is 5.76 Å². The van der Waals surface area contributed by atoms with Gasteiger partial charge in [-0.15, -0.1) is 0 Å². The average molecular weight is 171 g/mol. The zero-order valence-corrected chi connectivity index (χ0v) is 5.60. The molecule has 0 saturated heterocycles. The van der Waals surface area contributed by atoms with Gasteiger partial charge in [-0.05, 0) is 22.9 Å². The predicted molar refractivity (Wildman–Crippen MR) is 34.5 cm³/mol. The molecule has 1 heterocycles. The molecule has 0 N–H and O–H groups in total. The van der Waals surface area contributed by atoms with Gasteiger partial charge in [0.25, 0.3) is 0 Å². The fourth-order valence-corrected chi connectivity index (χ4v) is 0.592. The molecule has 1 rings (SSSR count). The highest BCUT2D eigenvalue weighted by Crippen LogP contribution is 1.95. The van der Waals surface area contributed by atoms with E-state index in [4.69, 9.17) is 4.42 Å². The van der Waals surface area contributed by atoms with Gasteiger partial charge in [-0.2, -0.15) is 0 Å². The molecule has 0 atom stereocenters. The van der Waals surface area contributed by atoms with E-state index in [-0.39, 0.29) is 0 Å². The van der Waals surface area contributed by atoms with Crippen LogP contribution >= 0.6 is 15.9 Å². The molecule has 8 heavy (non-hydrogen) atoms. The van der Waals surface area contributed by atoms with Gasteiger partial charge in [0.15, 0.2) is 5.76 Å². The summed E-state index contributed by atoms with van der Waals surface area (Å²) in [7, 11) is 0. The van der Waals surface area contributed by atoms with E-state index >= 15 is 0 Å². The quantitative estimate of drug-likeness (QED) is 0.544. The van der Waals surface area contributed by atoms with E-state index in [1.165, 1.54) is 0 Å². The summed E-state index contributed by atoms with van der Waals surface area (Å²) in [6, 6.07) is 3.60. The zero-order valence-electron chi connectivity index (χ0n) is 4.02. The van der Waals surface area contributed by atoms with Gasteiger partial charge in [-0.25, -0.2) is 0 Å². The number of rotatable bonds is 0. The first-order chi connectivity index (χ1) is 3.93. The van der Waals surface area contributed by atoms with Gasteiger partial charge in [-0.1, -0.05) is 0 Å². The summed E-state index contributed by atoms with van der Waals surface area (Å²) in [5.41, 5.74) is 0. The van der Waals surface area contributed by atoms with Gasteiger partial charge in [0.2, 0.25) is 0 Å². The van der Waals surface area contributed by atoms with Crippen molar-refractivity contribution in [3.05, 3.63) is 24.2 Å². The van der Waals surface area contributed by atoms with E-state index in [0.717, 1.165) is 0 Å². The topological polar surface area (TPSA) is 13.1 Å². The van der Waals surface area contributed by atoms with Crippen LogP contribution in [-0.2, 0) is 0 Å². The molecule has 40 valence electrons. The first kappa shape index (κ1) is 5.46. The molecule has 0 aliphatic heterocycles. The first-order valence-corrected chi connectivity index (χ1v) is 2.88. The Morgan fingerprint density at radius 2 is 2.50 bits per heavy atom. The molecule has 0 bridgehead atoms. The molecular weight excluding hydrogens is 168 g/mol. The van der Waals surface area contributed by atoms with Crippen LogP contribution in [0.5, 0.6) is 0 Å². The molecule has 0 saturated carbocycles. The second-order valence-corrected chi connectivity index (χ2v) is 1.59. The van der Waals surface area contributed by atoms with Crippen molar-refractivity contribution in [1.29, 1.82) is 0 Å². The standard InChI is InChI=1S/C6H3BrO/c7-4-3-6-2-1-5-8-6/h1-2,5H. The monoisotopic (exact) mass is 170 g/mol. The van der Waals surface area contributed by atoms with Crippen molar-refractivity contribution in [1.82, 2.24) is 0 Å². The van der Waals surface area contributed by atoms with Crippen molar-refractivity contribution in [3.63, 3.8) is 0 Å². The first-order valence-electron chi connectivity index (χ1n) is 2.08. The summed E-state index contributed by atoms with van der Waals surface area (Å²) < 4.78 is 4.87. The zero-order chi connectivity index (χ0) is 5.82. The van der Waals surface area contributed by atoms with Crippen LogP contribution in [0.2, 0.25) is 0 Å². The minimum Gasteiger partial charge on any atom is -0.456 e. The second kappa shape index (κ2) is 2.58. The summed E-state index contributed by atoms with van der Waals surface area (Å²) in [5.74, 6) is 3.37. The van der Waals surface area contributed by atoms with E-state index < -0.39 is 0 Å². The van der Waals surface area contributed by atoms with E-state index in [1.54, 1.807) is 18.4 Å². The summed E-state index contributed by atoms with van der Waals surface area (Å²) >= 11 is 2.95. The van der Waals surface area contributed by atoms with Crippen LogP contribution in [-0.4, -0.2) is 0 Å². The van der Waals surface area contributed by atoms with Crippen LogP contribution in [0.15, 0.2) is 22.8 Å². The van der Waals surface area contributed by atoms with Crippen LogP contribution in [0, 0.1) is 10.8 Å². The van der Waals surface area contributed by atoms with Crippen LogP contribution in [0.25, 0.3) is 0 Å². The third kappa shape index (κ3) is 1.14. The van der Waals surface area contributed by atoms with Crippen LogP contribution in [0.4, 0.5) is 0 Å². The van der Waals surface area contributed by atoms with Gasteiger partial charge >= 0.3 is 0 Å². The maximum absolute atomic E-state index is 4.87. The maximum Gasteiger partial charge on any atom is 0.177 e. The Morgan fingerprint density at radius 1 is 1.62 bits per heavy atom. The fraction of sp³-hybridized carbons (Fsp3) is 0. The smallest absolute Gasteiger partial charge is 0.177 e. The summed E-state index contributed by atoms with van der Waals surface area (Å²) in [5, 5.41) is 0. The SMILES string of the molecule is BrC#Cc1ccco1. The molecule has 0 fully saturated rings. The molecule has 0 amide bonds. The molecule has 1 aromatic heterocycles. The van der Waals surface area contributed by atoms with Crippen molar-refractivity contribution in [2.75, 3.05) is 0 Å². The third-order valence-corrected chi connectivity index (χ3v) is 0.890. The fourth-order valence-electron chi connectivity index (χ4n) is 0.396. The lowest BCUT2D eigenvalue weighted by molar-refractivity contribution is 0.554. The molecule has 0 aliphatic rings. The van der Waals surface area contributed by atoms with E-state index in [0.29, 0.717) is 5.76 Å². The van der Waals surface area contributed by atoms with Crippen molar-refractivity contribution >= 4 is 15.9 Å². The largest absolute Gasteiger partial charge is 0.456 e. The van der Waals surface area contributed by atoms with Gasteiger partial charge in [-0.3, -0.25) is 0 Å². The molecule has 0 aromatic carbocycles. The van der Waals surface area contributed by atoms with E-state index in [2.05, 4.69) is 26.7 Å². The average Bonchev–Trinajstić information content (AvgIpc) is 2.19. The van der Waals surface area contributed by atoms with E-state index in [1.807, 2.05) is 0 Å². The Morgan fingerprint density at radius 3 is 3.00 bits per heavy atom. The van der Waals surface area contributed by atoms with E-state index in [9.17, 15) is 0 Å². The van der Waals surface area contributed by atoms with Crippen molar-refractivity contribution < 1.29 is 4.42 Å². The number of hydrogen-bond donors (Lipinski definition) is 0. The lowest BCUT2D eigenvalue weighted by Gasteiger charge is -1.70. The second-order valence-electron chi connectivity index (χ2n) is 1.20.